The molecule has 2 aromatic carbocycles. The van der Waals surface area contributed by atoms with Gasteiger partial charge in [0.1, 0.15) is 10.9 Å². The van der Waals surface area contributed by atoms with Crippen LogP contribution in [-0.2, 0) is 11.3 Å². The second kappa shape index (κ2) is 11.6. The first-order valence-corrected chi connectivity index (χ1v) is 15.4. The fourth-order valence-corrected chi connectivity index (χ4v) is 7.08. The lowest BCUT2D eigenvalue weighted by Crippen LogP contribution is -2.49. The molecule has 0 radical (unpaired) electrons. The highest BCUT2D eigenvalue weighted by Crippen LogP contribution is 2.39. The minimum Gasteiger partial charge on any atom is -0.361 e. The zero-order valence-corrected chi connectivity index (χ0v) is 24.3. The third kappa shape index (κ3) is 5.49. The van der Waals surface area contributed by atoms with Crippen LogP contribution in [0.3, 0.4) is 0 Å². The number of nitrogens with one attached hydrogen (secondary N) is 2. The molecule has 2 saturated heterocycles. The molecule has 7 rings (SSSR count). The number of aromatic amines is 1. The van der Waals surface area contributed by atoms with Gasteiger partial charge in [0.15, 0.2) is 0 Å². The van der Waals surface area contributed by atoms with Crippen LogP contribution in [0.2, 0.25) is 0 Å². The van der Waals surface area contributed by atoms with Crippen LogP contribution in [0.5, 0.6) is 0 Å². The number of carbonyl (C=O) groups is 1. The molecule has 8 nitrogen and oxygen atoms in total. The van der Waals surface area contributed by atoms with Gasteiger partial charge in [-0.1, -0.05) is 18.2 Å². The van der Waals surface area contributed by atoms with Gasteiger partial charge in [0.05, 0.1) is 17.8 Å². The Morgan fingerprint density at radius 2 is 1.83 bits per heavy atom. The number of hydrogen-bond donors (Lipinski definition) is 2. The molecule has 2 aliphatic heterocycles. The Hall–Kier alpha value is -4.23. The highest BCUT2D eigenvalue weighted by molar-refractivity contribution is 7.22. The van der Waals surface area contributed by atoms with Gasteiger partial charge in [0.25, 0.3) is 0 Å². The van der Waals surface area contributed by atoms with Gasteiger partial charge >= 0.3 is 0 Å². The van der Waals surface area contributed by atoms with E-state index in [1.165, 1.54) is 5.56 Å². The van der Waals surface area contributed by atoms with Crippen LogP contribution >= 0.6 is 11.3 Å². The summed E-state index contributed by atoms with van der Waals surface area (Å²) in [5, 5.41) is 15.4. The minimum absolute atomic E-state index is 0.286. The van der Waals surface area contributed by atoms with Gasteiger partial charge in [-0.05, 0) is 60.4 Å². The number of fused-ring (bicyclic) bond motifs is 2. The summed E-state index contributed by atoms with van der Waals surface area (Å²) in [6.45, 7) is 7.06. The Morgan fingerprint density at radius 3 is 2.67 bits per heavy atom. The standard InChI is InChI=1S/C33H33N7OS/c34-19-26-20-36-33-28(32(26)37-27-6-7-29-24(17-27)8-9-35-29)18-30(42-33)25-5-3-4-23(16-25)21-38-12-14-39(15-13-38)22-31(41)40-10-1-2-11-40/h3-9,16-18,20,35H,1-2,10-15,21-22H2,(H,36,37). The number of anilines is 2. The Morgan fingerprint density at radius 1 is 1.00 bits per heavy atom. The average Bonchev–Trinajstić information content (AvgIpc) is 3.80. The van der Waals surface area contributed by atoms with Crippen LogP contribution in [0.1, 0.15) is 24.0 Å². The van der Waals surface area contributed by atoms with Crippen LogP contribution in [0.4, 0.5) is 11.4 Å². The number of nitrogens with zero attached hydrogens (tertiary/aromatic N) is 5. The number of aromatic nitrogens is 2. The fraction of sp³-hybridized carbons (Fsp3) is 0.303. The number of likely N-dealkylation sites (tertiary alicyclic amines) is 1. The van der Waals surface area contributed by atoms with Crippen LogP contribution < -0.4 is 5.32 Å². The first-order valence-electron chi connectivity index (χ1n) is 14.6. The number of piperazine rings is 1. The molecule has 212 valence electrons. The first kappa shape index (κ1) is 26.7. The number of rotatable bonds is 7. The molecular weight excluding hydrogens is 542 g/mol. The lowest BCUT2D eigenvalue weighted by molar-refractivity contribution is -0.131. The molecule has 9 heteroatoms. The van der Waals surface area contributed by atoms with E-state index >= 15 is 0 Å². The van der Waals surface area contributed by atoms with Crippen LogP contribution in [0.15, 0.2) is 67.0 Å². The summed E-state index contributed by atoms with van der Waals surface area (Å²) in [5.41, 5.74) is 5.75. The van der Waals surface area contributed by atoms with E-state index in [1.807, 2.05) is 29.3 Å². The summed E-state index contributed by atoms with van der Waals surface area (Å²) in [6, 6.07) is 21.4. The molecule has 0 saturated carbocycles. The van der Waals surface area contributed by atoms with Crippen LogP contribution in [0, 0.1) is 11.3 Å². The third-order valence-electron chi connectivity index (χ3n) is 8.41. The second-order valence-corrected chi connectivity index (χ2v) is 12.3. The maximum absolute atomic E-state index is 12.6. The lowest BCUT2D eigenvalue weighted by Gasteiger charge is -2.35. The van der Waals surface area contributed by atoms with Crippen molar-refractivity contribution in [2.45, 2.75) is 19.4 Å². The van der Waals surface area contributed by atoms with Crippen molar-refractivity contribution in [3.63, 3.8) is 0 Å². The SMILES string of the molecule is N#Cc1cnc2sc(-c3cccc(CN4CCN(CC(=O)N5CCCC5)CC4)c3)cc2c1Nc1ccc2[nH]ccc2c1. The molecule has 5 aromatic rings. The number of carbonyl (C=O) groups excluding carboxylic acids is 1. The molecule has 5 heterocycles. The normalized spacial score (nSPS) is 16.3. The zero-order valence-electron chi connectivity index (χ0n) is 23.5. The Labute approximate surface area is 249 Å². The summed E-state index contributed by atoms with van der Waals surface area (Å²) in [7, 11) is 0. The molecule has 0 unspecified atom stereocenters. The number of nitriles is 1. The second-order valence-electron chi connectivity index (χ2n) is 11.2. The van der Waals surface area contributed by atoms with E-state index in [0.717, 1.165) is 102 Å². The highest BCUT2D eigenvalue weighted by atomic mass is 32.1. The summed E-state index contributed by atoms with van der Waals surface area (Å²) in [4.78, 5) is 29.2. The van der Waals surface area contributed by atoms with E-state index in [2.05, 4.69) is 67.6 Å². The summed E-state index contributed by atoms with van der Waals surface area (Å²) < 4.78 is 0. The molecule has 1 amide bonds. The third-order valence-corrected chi connectivity index (χ3v) is 9.50. The van der Waals surface area contributed by atoms with Gasteiger partial charge in [0, 0.05) is 85.1 Å². The van der Waals surface area contributed by atoms with E-state index in [-0.39, 0.29) is 5.91 Å². The molecular formula is C33H33N7OS. The number of thiophene rings is 1. The van der Waals surface area contributed by atoms with Gasteiger partial charge in [0.2, 0.25) is 5.91 Å². The summed E-state index contributed by atoms with van der Waals surface area (Å²) >= 11 is 1.65. The Bertz CT molecular complexity index is 1790. The van der Waals surface area contributed by atoms with E-state index in [1.54, 1.807) is 17.5 Å². The maximum atomic E-state index is 12.6. The van der Waals surface area contributed by atoms with E-state index in [4.69, 9.17) is 0 Å². The molecule has 0 aliphatic carbocycles. The molecule has 3 aromatic heterocycles. The van der Waals surface area contributed by atoms with Crippen molar-refractivity contribution in [1.29, 1.82) is 5.26 Å². The van der Waals surface area contributed by atoms with Gasteiger partial charge in [-0.2, -0.15) is 5.26 Å². The van der Waals surface area contributed by atoms with Gasteiger partial charge in [-0.15, -0.1) is 11.3 Å². The molecule has 0 atom stereocenters. The largest absolute Gasteiger partial charge is 0.361 e. The van der Waals surface area contributed by atoms with E-state index < -0.39 is 0 Å². The Balaban J connectivity index is 1.06. The predicted octanol–water partition coefficient (Wildman–Crippen LogP) is 5.80. The highest BCUT2D eigenvalue weighted by Gasteiger charge is 2.23. The number of benzene rings is 2. The lowest BCUT2D eigenvalue weighted by atomic mass is 10.1. The molecule has 2 fully saturated rings. The van der Waals surface area contributed by atoms with Crippen molar-refractivity contribution in [1.82, 2.24) is 24.7 Å². The van der Waals surface area contributed by atoms with Crippen LogP contribution in [0.25, 0.3) is 31.6 Å². The van der Waals surface area contributed by atoms with Gasteiger partial charge in [-0.3, -0.25) is 14.6 Å². The van der Waals surface area contributed by atoms with Crippen LogP contribution in [-0.4, -0.2) is 76.4 Å². The van der Waals surface area contributed by atoms with Crippen molar-refractivity contribution in [3.05, 3.63) is 78.1 Å². The van der Waals surface area contributed by atoms with E-state index in [9.17, 15) is 10.1 Å². The number of H-pyrrole nitrogens is 1. The fourth-order valence-electron chi connectivity index (χ4n) is 6.07. The van der Waals surface area contributed by atoms with Crippen molar-refractivity contribution >= 4 is 49.7 Å². The number of pyridine rings is 1. The molecule has 0 spiro atoms. The monoisotopic (exact) mass is 575 g/mol. The molecule has 0 bridgehead atoms. The van der Waals surface area contributed by atoms with Crippen molar-refractivity contribution in [3.8, 4) is 16.5 Å². The summed E-state index contributed by atoms with van der Waals surface area (Å²) in [6.07, 6.45) is 5.87. The quantitative estimate of drug-likeness (QED) is 0.255. The number of amides is 1. The minimum atomic E-state index is 0.286. The summed E-state index contributed by atoms with van der Waals surface area (Å²) in [5.74, 6) is 0.286. The predicted molar refractivity (Wildman–Crippen MR) is 169 cm³/mol. The molecule has 2 N–H and O–H groups in total. The van der Waals surface area contributed by atoms with Gasteiger partial charge in [-0.25, -0.2) is 4.98 Å². The average molecular weight is 576 g/mol. The molecule has 42 heavy (non-hydrogen) atoms. The van der Waals surface area contributed by atoms with Gasteiger partial charge < -0.3 is 15.2 Å². The van der Waals surface area contributed by atoms with Crippen molar-refractivity contribution in [2.24, 2.45) is 0 Å². The zero-order chi connectivity index (χ0) is 28.5. The first-order chi connectivity index (χ1) is 20.6. The Kier molecular flexibility index (Phi) is 7.34. The van der Waals surface area contributed by atoms with E-state index in [0.29, 0.717) is 12.1 Å². The maximum Gasteiger partial charge on any atom is 0.236 e. The number of hydrogen-bond acceptors (Lipinski definition) is 7. The van der Waals surface area contributed by atoms with Crippen molar-refractivity contribution < 1.29 is 4.79 Å². The molecule has 2 aliphatic rings. The topological polar surface area (TPSA) is 91.3 Å². The smallest absolute Gasteiger partial charge is 0.236 e. The van der Waals surface area contributed by atoms with Crippen molar-refractivity contribution in [2.75, 3.05) is 51.1 Å².